The minimum Gasteiger partial charge on any atom is -0.392 e. The molecule has 0 aliphatic carbocycles. The lowest BCUT2D eigenvalue weighted by Gasteiger charge is -2.15. The number of thioether (sulfide) groups is 1. The van der Waals surface area contributed by atoms with Gasteiger partial charge in [-0.05, 0) is 30.2 Å². The maximum atomic E-state index is 11.9. The monoisotopic (exact) mass is 418 g/mol. The second kappa shape index (κ2) is 7.42. The zero-order valence-corrected chi connectivity index (χ0v) is 17.2. The standard InChI is InChI=1S/C21H18N6O2S/c1-13-3-5-16(6-4-13)19-11-18(25-26-12-22-23-20(26)30-19)15-7-9-17(10-8-15)27-21(28)29-14(2)24-27/h3-10,12,19H,11H2,1-2H3. The van der Waals surface area contributed by atoms with Gasteiger partial charge in [-0.2, -0.15) is 14.5 Å². The summed E-state index contributed by atoms with van der Waals surface area (Å²) in [6.07, 6.45) is 2.35. The van der Waals surface area contributed by atoms with Gasteiger partial charge in [0.15, 0.2) is 0 Å². The Hall–Kier alpha value is -3.46. The zero-order valence-electron chi connectivity index (χ0n) is 16.4. The van der Waals surface area contributed by atoms with Gasteiger partial charge >= 0.3 is 5.76 Å². The molecule has 8 nitrogen and oxygen atoms in total. The van der Waals surface area contributed by atoms with Crippen LogP contribution in [0.2, 0.25) is 0 Å². The van der Waals surface area contributed by atoms with Gasteiger partial charge in [0, 0.05) is 18.6 Å². The molecule has 0 amide bonds. The Bertz CT molecular complexity index is 1280. The van der Waals surface area contributed by atoms with Crippen LogP contribution in [-0.4, -0.2) is 30.4 Å². The molecule has 0 spiro atoms. The summed E-state index contributed by atoms with van der Waals surface area (Å²) in [5, 5.41) is 18.0. The molecule has 3 heterocycles. The van der Waals surface area contributed by atoms with Crippen LogP contribution in [0.15, 0.2) is 74.3 Å². The molecule has 1 aliphatic rings. The SMILES string of the molecule is Cc1ccc(C2CC(c3ccc(-n4nc(C)oc4=O)cc3)=Nn3cnnc3S2)cc1. The summed E-state index contributed by atoms with van der Waals surface area (Å²) < 4.78 is 7.95. The number of aryl methyl sites for hydroxylation is 2. The fraction of sp³-hybridized carbons (Fsp3) is 0.190. The molecule has 0 radical (unpaired) electrons. The molecule has 1 atom stereocenters. The Morgan fingerprint density at radius 3 is 2.53 bits per heavy atom. The number of fused-ring (bicyclic) bond motifs is 1. The molecule has 150 valence electrons. The van der Waals surface area contributed by atoms with Gasteiger partial charge in [-0.15, -0.1) is 15.3 Å². The summed E-state index contributed by atoms with van der Waals surface area (Å²) >= 11 is 1.65. The van der Waals surface area contributed by atoms with Crippen LogP contribution >= 0.6 is 11.8 Å². The summed E-state index contributed by atoms with van der Waals surface area (Å²) in [6, 6.07) is 16.1. The first-order chi connectivity index (χ1) is 14.6. The quantitative estimate of drug-likeness (QED) is 0.506. The second-order valence-electron chi connectivity index (χ2n) is 7.07. The van der Waals surface area contributed by atoms with E-state index in [0.29, 0.717) is 11.6 Å². The van der Waals surface area contributed by atoms with Crippen molar-refractivity contribution < 1.29 is 4.42 Å². The molecular weight excluding hydrogens is 400 g/mol. The van der Waals surface area contributed by atoms with E-state index in [2.05, 4.69) is 46.5 Å². The first-order valence-corrected chi connectivity index (χ1v) is 10.3. The van der Waals surface area contributed by atoms with E-state index in [1.165, 1.54) is 15.8 Å². The molecule has 1 aliphatic heterocycles. The van der Waals surface area contributed by atoms with Crippen LogP contribution in [0.4, 0.5) is 0 Å². The Morgan fingerprint density at radius 2 is 1.83 bits per heavy atom. The fourth-order valence-electron chi connectivity index (χ4n) is 3.35. The van der Waals surface area contributed by atoms with Crippen molar-refractivity contribution in [1.82, 2.24) is 24.7 Å². The number of nitrogens with zero attached hydrogens (tertiary/aromatic N) is 6. The first kappa shape index (κ1) is 18.6. The first-order valence-electron chi connectivity index (χ1n) is 9.45. The van der Waals surface area contributed by atoms with E-state index < -0.39 is 5.76 Å². The van der Waals surface area contributed by atoms with Crippen LogP contribution in [-0.2, 0) is 0 Å². The van der Waals surface area contributed by atoms with Crippen LogP contribution < -0.4 is 5.76 Å². The molecular formula is C21H18N6O2S. The minimum absolute atomic E-state index is 0.162. The average molecular weight is 418 g/mol. The molecule has 0 bridgehead atoms. The van der Waals surface area contributed by atoms with Crippen molar-refractivity contribution in [3.8, 4) is 5.69 Å². The van der Waals surface area contributed by atoms with E-state index in [4.69, 9.17) is 9.52 Å². The Labute approximate surface area is 176 Å². The molecule has 1 unspecified atom stereocenters. The van der Waals surface area contributed by atoms with E-state index in [1.54, 1.807) is 29.7 Å². The van der Waals surface area contributed by atoms with Crippen molar-refractivity contribution in [2.45, 2.75) is 30.7 Å². The highest BCUT2D eigenvalue weighted by Crippen LogP contribution is 2.39. The van der Waals surface area contributed by atoms with Gasteiger partial charge in [0.1, 0.15) is 6.33 Å². The molecule has 0 fully saturated rings. The Balaban J connectivity index is 1.51. The maximum absolute atomic E-state index is 11.9. The predicted octanol–water partition coefficient (Wildman–Crippen LogP) is 3.52. The van der Waals surface area contributed by atoms with E-state index in [0.717, 1.165) is 22.9 Å². The lowest BCUT2D eigenvalue weighted by Crippen LogP contribution is -2.14. The molecule has 0 saturated heterocycles. The summed E-state index contributed by atoms with van der Waals surface area (Å²) in [4.78, 5) is 11.9. The normalized spacial score (nSPS) is 16.1. The van der Waals surface area contributed by atoms with Crippen molar-refractivity contribution in [2.75, 3.05) is 0 Å². The topological polar surface area (TPSA) is 91.1 Å². The maximum Gasteiger partial charge on any atom is 0.441 e. The fourth-order valence-corrected chi connectivity index (χ4v) is 4.43. The van der Waals surface area contributed by atoms with Gasteiger partial charge in [0.2, 0.25) is 11.0 Å². The van der Waals surface area contributed by atoms with Gasteiger partial charge in [0.25, 0.3) is 0 Å². The van der Waals surface area contributed by atoms with Crippen molar-refractivity contribution >= 4 is 17.5 Å². The summed E-state index contributed by atoms with van der Waals surface area (Å²) in [6.45, 7) is 3.73. The van der Waals surface area contributed by atoms with E-state index >= 15 is 0 Å². The lowest BCUT2D eigenvalue weighted by atomic mass is 10.0. The van der Waals surface area contributed by atoms with E-state index in [1.807, 2.05) is 24.3 Å². The molecule has 4 aromatic rings. The highest BCUT2D eigenvalue weighted by molar-refractivity contribution is 7.99. The van der Waals surface area contributed by atoms with E-state index in [9.17, 15) is 4.79 Å². The zero-order chi connectivity index (χ0) is 20.7. The third kappa shape index (κ3) is 3.48. The minimum atomic E-state index is -0.503. The summed E-state index contributed by atoms with van der Waals surface area (Å²) in [7, 11) is 0. The third-order valence-corrected chi connectivity index (χ3v) is 6.10. The number of aromatic nitrogens is 5. The number of hydrogen-bond acceptors (Lipinski definition) is 7. The van der Waals surface area contributed by atoms with Crippen molar-refractivity contribution in [1.29, 1.82) is 0 Å². The number of benzene rings is 2. The molecule has 0 saturated carbocycles. The Kier molecular flexibility index (Phi) is 4.59. The van der Waals surface area contributed by atoms with Gasteiger partial charge in [0.05, 0.1) is 11.4 Å². The molecule has 0 N–H and O–H groups in total. The molecule has 9 heteroatoms. The van der Waals surface area contributed by atoms with Crippen molar-refractivity contribution in [3.63, 3.8) is 0 Å². The molecule has 2 aromatic carbocycles. The Morgan fingerprint density at radius 1 is 1.07 bits per heavy atom. The summed E-state index contributed by atoms with van der Waals surface area (Å²) in [5.41, 5.74) is 4.97. The van der Waals surface area contributed by atoms with Crippen LogP contribution in [0.1, 0.15) is 34.3 Å². The molecule has 2 aromatic heterocycles. The smallest absolute Gasteiger partial charge is 0.392 e. The van der Waals surface area contributed by atoms with Crippen LogP contribution in [0.25, 0.3) is 5.69 Å². The third-order valence-electron chi connectivity index (χ3n) is 4.90. The van der Waals surface area contributed by atoms with Gasteiger partial charge in [-0.3, -0.25) is 0 Å². The van der Waals surface area contributed by atoms with Crippen molar-refractivity contribution in [2.24, 2.45) is 5.10 Å². The van der Waals surface area contributed by atoms with Gasteiger partial charge in [-0.1, -0.05) is 53.7 Å². The molecule has 30 heavy (non-hydrogen) atoms. The van der Waals surface area contributed by atoms with Crippen LogP contribution in [0, 0.1) is 13.8 Å². The van der Waals surface area contributed by atoms with E-state index in [-0.39, 0.29) is 5.25 Å². The summed E-state index contributed by atoms with van der Waals surface area (Å²) in [5.74, 6) is -0.174. The van der Waals surface area contributed by atoms with Gasteiger partial charge < -0.3 is 4.42 Å². The predicted molar refractivity (Wildman–Crippen MR) is 113 cm³/mol. The average Bonchev–Trinajstić information content (AvgIpc) is 3.27. The van der Waals surface area contributed by atoms with Crippen LogP contribution in [0.5, 0.6) is 0 Å². The highest BCUT2D eigenvalue weighted by Gasteiger charge is 2.24. The lowest BCUT2D eigenvalue weighted by molar-refractivity contribution is 0.477. The number of hydrogen-bond donors (Lipinski definition) is 0. The van der Waals surface area contributed by atoms with Gasteiger partial charge in [-0.25, -0.2) is 4.79 Å². The largest absolute Gasteiger partial charge is 0.441 e. The van der Waals surface area contributed by atoms with Crippen LogP contribution in [0.3, 0.4) is 0 Å². The van der Waals surface area contributed by atoms with Crippen molar-refractivity contribution in [3.05, 3.63) is 88.0 Å². The molecule has 5 rings (SSSR count). The number of rotatable bonds is 3. The second-order valence-corrected chi connectivity index (χ2v) is 8.24. The highest BCUT2D eigenvalue weighted by atomic mass is 32.2.